The minimum absolute atomic E-state index is 0.0661. The van der Waals surface area contributed by atoms with Gasteiger partial charge in [-0.2, -0.15) is 0 Å². The molecule has 108 valence electrons. The predicted molar refractivity (Wildman–Crippen MR) is 66.5 cm³/mol. The number of halogens is 1. The molecule has 3 amide bonds. The molecule has 0 aliphatic carbocycles. The Hall–Kier alpha value is -1.37. The minimum atomic E-state index is -1.83. The maximum absolute atomic E-state index is 14.7. The molecule has 0 spiro atoms. The lowest BCUT2D eigenvalue weighted by atomic mass is 9.91. The number of urea groups is 1. The van der Waals surface area contributed by atoms with E-state index in [9.17, 15) is 14.0 Å². The highest BCUT2D eigenvalue weighted by molar-refractivity contribution is 5.86. The van der Waals surface area contributed by atoms with E-state index in [1.807, 2.05) is 0 Å². The lowest BCUT2D eigenvalue weighted by Gasteiger charge is -2.39. The summed E-state index contributed by atoms with van der Waals surface area (Å²) in [7, 11) is 1.54. The largest absolute Gasteiger partial charge is 0.378 e. The van der Waals surface area contributed by atoms with E-state index < -0.39 is 11.6 Å². The van der Waals surface area contributed by atoms with Gasteiger partial charge >= 0.3 is 6.03 Å². The number of piperidine rings is 1. The summed E-state index contributed by atoms with van der Waals surface area (Å²) in [4.78, 5) is 26.7. The molecule has 2 heterocycles. The summed E-state index contributed by atoms with van der Waals surface area (Å²) in [6, 6.07) is -0.221. The number of hydrogen-bond acceptors (Lipinski definition) is 3. The fourth-order valence-corrected chi connectivity index (χ4v) is 2.49. The zero-order chi connectivity index (χ0) is 13.9. The summed E-state index contributed by atoms with van der Waals surface area (Å²) in [5.74, 6) is -0.452. The van der Waals surface area contributed by atoms with Crippen molar-refractivity contribution < 1.29 is 18.7 Å². The molecule has 0 atom stereocenters. The molecule has 0 aromatic rings. The molecule has 7 heteroatoms. The minimum Gasteiger partial charge on any atom is -0.378 e. The second-order valence-electron chi connectivity index (χ2n) is 4.91. The SMILES string of the molecule is CNC(=O)N1CCC(F)(C(=O)N2CCOCC2)CC1. The number of rotatable bonds is 1. The third-order valence-electron chi connectivity index (χ3n) is 3.74. The van der Waals surface area contributed by atoms with Gasteiger partial charge in [-0.05, 0) is 0 Å². The van der Waals surface area contributed by atoms with Crippen molar-refractivity contribution >= 4 is 11.9 Å². The highest BCUT2D eigenvalue weighted by Crippen LogP contribution is 2.29. The fraction of sp³-hybridized carbons (Fsp3) is 0.833. The van der Waals surface area contributed by atoms with Gasteiger partial charge in [0.1, 0.15) is 0 Å². The predicted octanol–water partition coefficient (Wildman–Crippen LogP) is -0.0113. The first-order chi connectivity index (χ1) is 9.07. The number of carbonyl (C=O) groups is 2. The van der Waals surface area contributed by atoms with Crippen LogP contribution in [0.4, 0.5) is 9.18 Å². The van der Waals surface area contributed by atoms with Crippen molar-refractivity contribution in [1.82, 2.24) is 15.1 Å². The highest BCUT2D eigenvalue weighted by atomic mass is 19.1. The van der Waals surface area contributed by atoms with Crippen molar-refractivity contribution in [2.24, 2.45) is 0 Å². The lowest BCUT2D eigenvalue weighted by molar-refractivity contribution is -0.151. The number of likely N-dealkylation sites (tertiary alicyclic amines) is 1. The highest BCUT2D eigenvalue weighted by Gasteiger charge is 2.45. The van der Waals surface area contributed by atoms with E-state index in [-0.39, 0.29) is 32.0 Å². The van der Waals surface area contributed by atoms with Crippen LogP contribution in [-0.2, 0) is 9.53 Å². The van der Waals surface area contributed by atoms with E-state index >= 15 is 0 Å². The Labute approximate surface area is 111 Å². The third kappa shape index (κ3) is 2.97. The molecule has 2 fully saturated rings. The van der Waals surface area contributed by atoms with Crippen LogP contribution in [-0.4, -0.2) is 73.8 Å². The monoisotopic (exact) mass is 273 g/mol. The Morgan fingerprint density at radius 2 is 1.68 bits per heavy atom. The topological polar surface area (TPSA) is 61.9 Å². The summed E-state index contributed by atoms with van der Waals surface area (Å²) in [5.41, 5.74) is -1.83. The van der Waals surface area contributed by atoms with Crippen molar-refractivity contribution in [2.75, 3.05) is 46.4 Å². The normalized spacial score (nSPS) is 23.1. The van der Waals surface area contributed by atoms with Gasteiger partial charge in [0.15, 0.2) is 5.67 Å². The Balaban J connectivity index is 1.93. The molecule has 1 N–H and O–H groups in total. The average Bonchev–Trinajstić information content (AvgIpc) is 2.47. The molecule has 2 saturated heterocycles. The Morgan fingerprint density at radius 1 is 1.11 bits per heavy atom. The van der Waals surface area contributed by atoms with E-state index in [0.29, 0.717) is 26.3 Å². The maximum atomic E-state index is 14.7. The fourth-order valence-electron chi connectivity index (χ4n) is 2.49. The van der Waals surface area contributed by atoms with Crippen molar-refractivity contribution in [2.45, 2.75) is 18.5 Å². The molecule has 0 saturated carbocycles. The van der Waals surface area contributed by atoms with Crippen LogP contribution in [0.3, 0.4) is 0 Å². The van der Waals surface area contributed by atoms with Crippen LogP contribution in [0.5, 0.6) is 0 Å². The maximum Gasteiger partial charge on any atom is 0.317 e. The molecule has 2 rings (SSSR count). The van der Waals surface area contributed by atoms with Crippen molar-refractivity contribution in [3.63, 3.8) is 0 Å². The van der Waals surface area contributed by atoms with Crippen molar-refractivity contribution in [1.29, 1.82) is 0 Å². The number of carbonyl (C=O) groups excluding carboxylic acids is 2. The van der Waals surface area contributed by atoms with Crippen LogP contribution in [0.15, 0.2) is 0 Å². The molecule has 0 unspecified atom stereocenters. The molecule has 0 aromatic heterocycles. The second-order valence-corrected chi connectivity index (χ2v) is 4.91. The summed E-state index contributed by atoms with van der Waals surface area (Å²) in [6.45, 7) is 2.37. The van der Waals surface area contributed by atoms with Gasteiger partial charge < -0.3 is 19.9 Å². The zero-order valence-electron chi connectivity index (χ0n) is 11.2. The lowest BCUT2D eigenvalue weighted by Crippen LogP contribution is -2.56. The Morgan fingerprint density at radius 3 is 2.21 bits per heavy atom. The number of nitrogens with zero attached hydrogens (tertiary/aromatic N) is 2. The van der Waals surface area contributed by atoms with Gasteiger partial charge in [-0.3, -0.25) is 4.79 Å². The number of nitrogens with one attached hydrogen (secondary N) is 1. The van der Waals surface area contributed by atoms with Gasteiger partial charge in [0.25, 0.3) is 5.91 Å². The summed E-state index contributed by atoms with van der Waals surface area (Å²) in [5, 5.41) is 2.51. The van der Waals surface area contributed by atoms with Crippen LogP contribution < -0.4 is 5.32 Å². The van der Waals surface area contributed by atoms with Crippen LogP contribution in [0.2, 0.25) is 0 Å². The van der Waals surface area contributed by atoms with Crippen molar-refractivity contribution in [3.05, 3.63) is 0 Å². The second kappa shape index (κ2) is 5.73. The number of ether oxygens (including phenoxy) is 1. The number of hydrogen-bond donors (Lipinski definition) is 1. The van der Waals surface area contributed by atoms with Gasteiger partial charge in [-0.15, -0.1) is 0 Å². The Bertz CT molecular complexity index is 350. The molecule has 6 nitrogen and oxygen atoms in total. The first-order valence-electron chi connectivity index (χ1n) is 6.59. The van der Waals surface area contributed by atoms with Crippen LogP contribution in [0, 0.1) is 0 Å². The molecule has 0 radical (unpaired) electrons. The van der Waals surface area contributed by atoms with E-state index in [1.165, 1.54) is 9.80 Å². The van der Waals surface area contributed by atoms with E-state index in [4.69, 9.17) is 4.74 Å². The van der Waals surface area contributed by atoms with Gasteiger partial charge in [-0.1, -0.05) is 0 Å². The molecule has 19 heavy (non-hydrogen) atoms. The zero-order valence-corrected chi connectivity index (χ0v) is 11.2. The molecule has 0 bridgehead atoms. The van der Waals surface area contributed by atoms with E-state index in [1.54, 1.807) is 7.05 Å². The number of amides is 3. The van der Waals surface area contributed by atoms with Gasteiger partial charge in [0.05, 0.1) is 13.2 Å². The Kier molecular flexibility index (Phi) is 4.24. The van der Waals surface area contributed by atoms with Crippen LogP contribution in [0.1, 0.15) is 12.8 Å². The standard InChI is InChI=1S/C12H20FN3O3/c1-14-11(18)16-4-2-12(13,3-5-16)10(17)15-6-8-19-9-7-15/h2-9H2,1H3,(H,14,18). The number of alkyl halides is 1. The summed E-state index contributed by atoms with van der Waals surface area (Å²) >= 11 is 0. The van der Waals surface area contributed by atoms with E-state index in [2.05, 4.69) is 5.32 Å². The number of morpholine rings is 1. The van der Waals surface area contributed by atoms with Gasteiger partial charge in [0.2, 0.25) is 0 Å². The summed E-state index contributed by atoms with van der Waals surface area (Å²) < 4.78 is 19.9. The molecular formula is C12H20FN3O3. The smallest absolute Gasteiger partial charge is 0.317 e. The quantitative estimate of drug-likeness (QED) is 0.731. The van der Waals surface area contributed by atoms with Crippen molar-refractivity contribution in [3.8, 4) is 0 Å². The molecule has 2 aliphatic rings. The molecule has 0 aromatic carbocycles. The van der Waals surface area contributed by atoms with Crippen LogP contribution in [0.25, 0.3) is 0 Å². The van der Waals surface area contributed by atoms with E-state index in [0.717, 1.165) is 0 Å². The first kappa shape index (κ1) is 14.0. The molecular weight excluding hydrogens is 253 g/mol. The van der Waals surface area contributed by atoms with Crippen LogP contribution >= 0.6 is 0 Å². The first-order valence-corrected chi connectivity index (χ1v) is 6.59. The summed E-state index contributed by atoms with van der Waals surface area (Å²) in [6.07, 6.45) is 0.132. The third-order valence-corrected chi connectivity index (χ3v) is 3.74. The van der Waals surface area contributed by atoms with Gasteiger partial charge in [0, 0.05) is 46.1 Å². The molecule has 2 aliphatic heterocycles. The van der Waals surface area contributed by atoms with Gasteiger partial charge in [-0.25, -0.2) is 9.18 Å². The average molecular weight is 273 g/mol.